The van der Waals surface area contributed by atoms with Crippen molar-refractivity contribution in [2.75, 3.05) is 19.6 Å². The number of rotatable bonds is 6. The summed E-state index contributed by atoms with van der Waals surface area (Å²) < 4.78 is 2.27. The van der Waals surface area contributed by atoms with Gasteiger partial charge in [-0.3, -0.25) is 23.9 Å². The molecule has 1 aliphatic rings. The second kappa shape index (κ2) is 8.62. The third kappa shape index (κ3) is 5.14. The molecule has 1 aliphatic heterocycles. The molecule has 27 heavy (non-hydrogen) atoms. The van der Waals surface area contributed by atoms with E-state index in [1.54, 1.807) is 12.1 Å². The number of nitrogens with zero attached hydrogens (tertiary/aromatic N) is 3. The molecule has 9 heteroatoms. The van der Waals surface area contributed by atoms with Crippen LogP contribution in [0.4, 0.5) is 0 Å². The molecule has 0 saturated carbocycles. The molecule has 3 N–H and O–H groups in total. The Balaban J connectivity index is 1.53. The molecule has 0 atom stereocenters. The van der Waals surface area contributed by atoms with E-state index in [2.05, 4.69) is 26.2 Å². The number of amides is 2. The van der Waals surface area contributed by atoms with Crippen molar-refractivity contribution in [3.05, 3.63) is 39.4 Å². The van der Waals surface area contributed by atoms with Gasteiger partial charge in [-0.25, -0.2) is 4.98 Å². The number of nitrogens with two attached hydrogens (primary N) is 1. The first-order valence-electron chi connectivity index (χ1n) is 8.87. The van der Waals surface area contributed by atoms with Crippen molar-refractivity contribution in [3.63, 3.8) is 0 Å². The Morgan fingerprint density at radius 1 is 1.30 bits per heavy atom. The van der Waals surface area contributed by atoms with Gasteiger partial charge in [0.05, 0.1) is 23.8 Å². The molecule has 1 fully saturated rings. The highest BCUT2D eigenvalue weighted by molar-refractivity contribution is 9.10. The van der Waals surface area contributed by atoms with Crippen LogP contribution in [0.2, 0.25) is 0 Å². The number of aryl methyl sites for hydroxylation is 1. The number of primary amides is 1. The topological polar surface area (TPSA) is 110 Å². The standard InChI is InChI=1S/C18H22BrN5O3/c19-12-1-2-15-14(9-12)18(27)24(11-21-15)8-5-17(26)22-13-3-6-23(7-4-13)10-16(20)25/h1-2,9,11,13H,3-8,10H2,(H2,20,25)(H,22,26). The Morgan fingerprint density at radius 3 is 2.74 bits per heavy atom. The number of carbonyl (C=O) groups is 2. The molecule has 0 radical (unpaired) electrons. The Bertz CT molecular complexity index is 905. The molecule has 1 aromatic carbocycles. The van der Waals surface area contributed by atoms with Gasteiger partial charge in [0.15, 0.2) is 0 Å². The third-order valence-corrected chi connectivity index (χ3v) is 5.19. The van der Waals surface area contributed by atoms with Crippen molar-refractivity contribution in [2.24, 2.45) is 5.73 Å². The predicted molar refractivity (Wildman–Crippen MR) is 105 cm³/mol. The quantitative estimate of drug-likeness (QED) is 0.690. The first kappa shape index (κ1) is 19.5. The molecule has 2 aromatic rings. The number of benzene rings is 1. The molecule has 0 bridgehead atoms. The minimum Gasteiger partial charge on any atom is -0.369 e. The number of hydrogen-bond donors (Lipinski definition) is 2. The maximum Gasteiger partial charge on any atom is 0.261 e. The van der Waals surface area contributed by atoms with Crippen LogP contribution in [0.5, 0.6) is 0 Å². The van der Waals surface area contributed by atoms with Gasteiger partial charge in [-0.05, 0) is 31.0 Å². The fourth-order valence-electron chi connectivity index (χ4n) is 3.27. The van der Waals surface area contributed by atoms with Gasteiger partial charge in [0.1, 0.15) is 0 Å². The molecule has 1 aromatic heterocycles. The number of hydrogen-bond acceptors (Lipinski definition) is 5. The Labute approximate surface area is 164 Å². The number of likely N-dealkylation sites (tertiary alicyclic amines) is 1. The normalized spacial score (nSPS) is 15.7. The predicted octanol–water partition coefficient (Wildman–Crippen LogP) is 0.615. The summed E-state index contributed by atoms with van der Waals surface area (Å²) in [4.78, 5) is 42.0. The van der Waals surface area contributed by atoms with Crippen molar-refractivity contribution in [3.8, 4) is 0 Å². The molecule has 3 rings (SSSR count). The zero-order valence-corrected chi connectivity index (χ0v) is 16.4. The van der Waals surface area contributed by atoms with E-state index in [4.69, 9.17) is 5.73 Å². The molecule has 0 spiro atoms. The van der Waals surface area contributed by atoms with Crippen LogP contribution in [0.25, 0.3) is 10.9 Å². The summed E-state index contributed by atoms with van der Waals surface area (Å²) in [6.45, 7) is 2.00. The summed E-state index contributed by atoms with van der Waals surface area (Å²) >= 11 is 3.36. The van der Waals surface area contributed by atoms with E-state index in [0.717, 1.165) is 30.4 Å². The number of aromatic nitrogens is 2. The first-order valence-corrected chi connectivity index (χ1v) is 9.66. The van der Waals surface area contributed by atoms with Gasteiger partial charge >= 0.3 is 0 Å². The summed E-state index contributed by atoms with van der Waals surface area (Å²) in [5.41, 5.74) is 5.68. The van der Waals surface area contributed by atoms with E-state index in [9.17, 15) is 14.4 Å². The SMILES string of the molecule is NC(=O)CN1CCC(NC(=O)CCn2cnc3ccc(Br)cc3c2=O)CC1. The van der Waals surface area contributed by atoms with Crippen LogP contribution in [0.1, 0.15) is 19.3 Å². The van der Waals surface area contributed by atoms with Gasteiger partial charge in [0.2, 0.25) is 11.8 Å². The van der Waals surface area contributed by atoms with Gasteiger partial charge in [0.25, 0.3) is 5.56 Å². The minimum absolute atomic E-state index is 0.0871. The Hall–Kier alpha value is -2.26. The second-order valence-corrected chi connectivity index (χ2v) is 7.65. The maximum absolute atomic E-state index is 12.5. The summed E-state index contributed by atoms with van der Waals surface area (Å²) in [7, 11) is 0. The monoisotopic (exact) mass is 435 g/mol. The average Bonchev–Trinajstić information content (AvgIpc) is 2.63. The fourth-order valence-corrected chi connectivity index (χ4v) is 3.63. The third-order valence-electron chi connectivity index (χ3n) is 4.70. The van der Waals surface area contributed by atoms with Crippen molar-refractivity contribution in [1.29, 1.82) is 0 Å². The van der Waals surface area contributed by atoms with Crippen LogP contribution in [-0.4, -0.2) is 51.9 Å². The van der Waals surface area contributed by atoms with E-state index >= 15 is 0 Å². The molecule has 2 amide bonds. The smallest absolute Gasteiger partial charge is 0.261 e. The molecule has 144 valence electrons. The summed E-state index contributed by atoms with van der Waals surface area (Å²) in [5.74, 6) is -0.427. The lowest BCUT2D eigenvalue weighted by molar-refractivity contribution is -0.123. The highest BCUT2D eigenvalue weighted by atomic mass is 79.9. The zero-order valence-electron chi connectivity index (χ0n) is 14.9. The van der Waals surface area contributed by atoms with E-state index in [0.29, 0.717) is 10.9 Å². The summed E-state index contributed by atoms with van der Waals surface area (Å²) in [5, 5.41) is 3.53. The Morgan fingerprint density at radius 2 is 2.04 bits per heavy atom. The van der Waals surface area contributed by atoms with E-state index in [1.165, 1.54) is 10.9 Å². The van der Waals surface area contributed by atoms with Crippen LogP contribution in [0.15, 0.2) is 33.8 Å². The first-order chi connectivity index (χ1) is 12.9. The largest absolute Gasteiger partial charge is 0.369 e. The molecular weight excluding hydrogens is 414 g/mol. The van der Waals surface area contributed by atoms with Gasteiger partial charge in [-0.2, -0.15) is 0 Å². The number of fused-ring (bicyclic) bond motifs is 1. The molecule has 0 unspecified atom stereocenters. The lowest BCUT2D eigenvalue weighted by atomic mass is 10.0. The molecule has 0 aliphatic carbocycles. The van der Waals surface area contributed by atoms with Crippen LogP contribution in [0, 0.1) is 0 Å². The molecule has 2 heterocycles. The Kier molecular flexibility index (Phi) is 6.22. The molecule has 8 nitrogen and oxygen atoms in total. The van der Waals surface area contributed by atoms with Crippen molar-refractivity contribution in [2.45, 2.75) is 31.8 Å². The summed E-state index contributed by atoms with van der Waals surface area (Å²) in [6.07, 6.45) is 3.26. The maximum atomic E-state index is 12.5. The summed E-state index contributed by atoms with van der Waals surface area (Å²) in [6, 6.07) is 5.44. The lowest BCUT2D eigenvalue weighted by Gasteiger charge is -2.31. The van der Waals surface area contributed by atoms with Crippen LogP contribution in [0.3, 0.4) is 0 Å². The lowest BCUT2D eigenvalue weighted by Crippen LogP contribution is -2.46. The van der Waals surface area contributed by atoms with Gasteiger partial charge in [-0.1, -0.05) is 15.9 Å². The van der Waals surface area contributed by atoms with Gasteiger partial charge in [0, 0.05) is 36.6 Å². The van der Waals surface area contributed by atoms with Gasteiger partial charge < -0.3 is 11.1 Å². The highest BCUT2D eigenvalue weighted by Crippen LogP contribution is 2.15. The number of nitrogens with one attached hydrogen (secondary N) is 1. The van der Waals surface area contributed by atoms with E-state index in [-0.39, 0.29) is 42.9 Å². The average molecular weight is 436 g/mol. The zero-order chi connectivity index (χ0) is 19.4. The molecule has 1 saturated heterocycles. The van der Waals surface area contributed by atoms with Crippen LogP contribution in [-0.2, 0) is 16.1 Å². The number of carbonyl (C=O) groups excluding carboxylic acids is 2. The second-order valence-electron chi connectivity index (χ2n) is 6.74. The number of piperidine rings is 1. The number of halogens is 1. The van der Waals surface area contributed by atoms with Crippen molar-refractivity contribution in [1.82, 2.24) is 19.8 Å². The van der Waals surface area contributed by atoms with Gasteiger partial charge in [-0.15, -0.1) is 0 Å². The van der Waals surface area contributed by atoms with Crippen molar-refractivity contribution < 1.29 is 9.59 Å². The molecular formula is C18H22BrN5O3. The van der Waals surface area contributed by atoms with E-state index in [1.807, 2.05) is 11.0 Å². The van der Waals surface area contributed by atoms with Crippen LogP contribution >= 0.6 is 15.9 Å². The van der Waals surface area contributed by atoms with E-state index < -0.39 is 0 Å². The van der Waals surface area contributed by atoms with Crippen LogP contribution < -0.4 is 16.6 Å². The highest BCUT2D eigenvalue weighted by Gasteiger charge is 2.21. The minimum atomic E-state index is -0.334. The van der Waals surface area contributed by atoms with Crippen molar-refractivity contribution >= 4 is 38.6 Å². The fraction of sp³-hybridized carbons (Fsp3) is 0.444.